The van der Waals surface area contributed by atoms with E-state index in [4.69, 9.17) is 22.3 Å². The van der Waals surface area contributed by atoms with Gasteiger partial charge in [-0.3, -0.25) is 9.88 Å². The van der Waals surface area contributed by atoms with Crippen molar-refractivity contribution in [3.63, 3.8) is 0 Å². The number of halogens is 1. The van der Waals surface area contributed by atoms with Gasteiger partial charge in [-0.25, -0.2) is 0 Å². The molecule has 0 spiro atoms. The van der Waals surface area contributed by atoms with Crippen molar-refractivity contribution in [2.45, 2.75) is 26.4 Å². The van der Waals surface area contributed by atoms with E-state index in [0.29, 0.717) is 11.6 Å². The highest BCUT2D eigenvalue weighted by atomic mass is 35.5. The quantitative estimate of drug-likeness (QED) is 0.916. The molecule has 3 nitrogen and oxygen atoms in total. The molecule has 0 unspecified atom stereocenters. The van der Waals surface area contributed by atoms with Crippen LogP contribution in [0.5, 0.6) is 0 Å². The maximum atomic E-state index is 6.27. The first-order valence-corrected chi connectivity index (χ1v) is 7.13. The lowest BCUT2D eigenvalue weighted by Crippen LogP contribution is -2.32. The normalized spacial score (nSPS) is 15.7. The minimum absolute atomic E-state index is 0.541. The molecule has 0 fully saturated rings. The largest absolute Gasteiger partial charge is 0.326 e. The highest BCUT2D eigenvalue weighted by molar-refractivity contribution is 6.35. The van der Waals surface area contributed by atoms with E-state index in [-0.39, 0.29) is 0 Å². The second-order valence-electron chi connectivity index (χ2n) is 4.97. The van der Waals surface area contributed by atoms with Crippen LogP contribution in [0.3, 0.4) is 0 Å². The van der Waals surface area contributed by atoms with Gasteiger partial charge in [-0.15, -0.1) is 0 Å². The standard InChI is InChI=1S/C15H18ClN3/c1-2-19-7-6-14-12(9-19)11(8-17)10-4-3-5-13(16)15(10)18-14/h3-5H,2,6-9,17H2,1H3. The van der Waals surface area contributed by atoms with E-state index in [0.717, 1.165) is 37.0 Å². The van der Waals surface area contributed by atoms with Gasteiger partial charge in [0.15, 0.2) is 0 Å². The Morgan fingerprint density at radius 3 is 3.00 bits per heavy atom. The fourth-order valence-corrected chi connectivity index (χ4v) is 3.09. The number of benzene rings is 1. The van der Waals surface area contributed by atoms with Gasteiger partial charge in [0.2, 0.25) is 0 Å². The van der Waals surface area contributed by atoms with Crippen LogP contribution in [0.1, 0.15) is 23.7 Å². The number of fused-ring (bicyclic) bond motifs is 2. The summed E-state index contributed by atoms with van der Waals surface area (Å²) >= 11 is 6.27. The molecule has 19 heavy (non-hydrogen) atoms. The minimum Gasteiger partial charge on any atom is -0.326 e. The van der Waals surface area contributed by atoms with Crippen molar-refractivity contribution in [1.82, 2.24) is 9.88 Å². The Morgan fingerprint density at radius 1 is 1.42 bits per heavy atom. The number of rotatable bonds is 2. The Bertz CT molecular complexity index is 624. The van der Waals surface area contributed by atoms with Crippen LogP contribution >= 0.6 is 11.6 Å². The molecule has 2 heterocycles. The summed E-state index contributed by atoms with van der Waals surface area (Å²) in [6.45, 7) is 5.82. The van der Waals surface area contributed by atoms with Gasteiger partial charge in [-0.1, -0.05) is 30.7 Å². The molecule has 0 aliphatic carbocycles. The molecule has 1 aromatic heterocycles. The van der Waals surface area contributed by atoms with E-state index in [1.54, 1.807) is 0 Å². The molecule has 1 aliphatic rings. The lowest BCUT2D eigenvalue weighted by atomic mass is 9.96. The van der Waals surface area contributed by atoms with Gasteiger partial charge < -0.3 is 5.73 Å². The summed E-state index contributed by atoms with van der Waals surface area (Å²) in [5.74, 6) is 0. The summed E-state index contributed by atoms with van der Waals surface area (Å²) in [6, 6.07) is 5.94. The van der Waals surface area contributed by atoms with Crippen LogP contribution in [0.15, 0.2) is 18.2 Å². The fourth-order valence-electron chi connectivity index (χ4n) is 2.87. The molecule has 1 aliphatic heterocycles. The average molecular weight is 276 g/mol. The molecular formula is C15H18ClN3. The molecule has 0 radical (unpaired) electrons. The van der Waals surface area contributed by atoms with E-state index in [9.17, 15) is 0 Å². The molecular weight excluding hydrogens is 258 g/mol. The van der Waals surface area contributed by atoms with Crippen LogP contribution < -0.4 is 5.73 Å². The van der Waals surface area contributed by atoms with Gasteiger partial charge in [-0.2, -0.15) is 0 Å². The first kappa shape index (κ1) is 12.9. The van der Waals surface area contributed by atoms with Crippen molar-refractivity contribution in [3.8, 4) is 0 Å². The lowest BCUT2D eigenvalue weighted by molar-refractivity contribution is 0.265. The van der Waals surface area contributed by atoms with Crippen LogP contribution in [-0.2, 0) is 19.5 Å². The SMILES string of the molecule is CCN1CCc2nc3c(Cl)cccc3c(CN)c2C1. The van der Waals surface area contributed by atoms with Gasteiger partial charge in [0.25, 0.3) is 0 Å². The minimum atomic E-state index is 0.541. The van der Waals surface area contributed by atoms with Crippen LogP contribution in [0.25, 0.3) is 10.9 Å². The van der Waals surface area contributed by atoms with Crippen molar-refractivity contribution < 1.29 is 0 Å². The summed E-state index contributed by atoms with van der Waals surface area (Å²) in [7, 11) is 0. The third-order valence-corrected chi connectivity index (χ3v) is 4.27. The Balaban J connectivity index is 2.26. The Labute approximate surface area is 118 Å². The molecule has 0 amide bonds. The number of nitrogens with zero attached hydrogens (tertiary/aromatic N) is 2. The summed E-state index contributed by atoms with van der Waals surface area (Å²) in [5, 5.41) is 1.82. The predicted octanol–water partition coefficient (Wildman–Crippen LogP) is 2.72. The van der Waals surface area contributed by atoms with E-state index in [1.807, 2.05) is 12.1 Å². The zero-order valence-corrected chi connectivity index (χ0v) is 11.9. The van der Waals surface area contributed by atoms with Gasteiger partial charge in [0, 0.05) is 37.1 Å². The van der Waals surface area contributed by atoms with E-state index in [2.05, 4.69) is 17.9 Å². The number of para-hydroxylation sites is 1. The van der Waals surface area contributed by atoms with Crippen molar-refractivity contribution >= 4 is 22.5 Å². The maximum absolute atomic E-state index is 6.27. The molecule has 0 atom stereocenters. The molecule has 1 aromatic carbocycles. The molecule has 100 valence electrons. The van der Waals surface area contributed by atoms with Crippen molar-refractivity contribution in [2.75, 3.05) is 13.1 Å². The monoisotopic (exact) mass is 275 g/mol. The van der Waals surface area contributed by atoms with Gasteiger partial charge in [0.05, 0.1) is 10.5 Å². The van der Waals surface area contributed by atoms with Crippen LogP contribution in [-0.4, -0.2) is 23.0 Å². The van der Waals surface area contributed by atoms with E-state index < -0.39 is 0 Å². The molecule has 0 bridgehead atoms. The van der Waals surface area contributed by atoms with Crippen LogP contribution in [0, 0.1) is 0 Å². The summed E-state index contributed by atoms with van der Waals surface area (Å²) in [6.07, 6.45) is 0.983. The van der Waals surface area contributed by atoms with Crippen LogP contribution in [0.2, 0.25) is 5.02 Å². The molecule has 3 rings (SSSR count). The Hall–Kier alpha value is -1.16. The third-order valence-electron chi connectivity index (χ3n) is 3.97. The zero-order valence-electron chi connectivity index (χ0n) is 11.1. The predicted molar refractivity (Wildman–Crippen MR) is 79.3 cm³/mol. The van der Waals surface area contributed by atoms with Crippen molar-refractivity contribution in [1.29, 1.82) is 0 Å². The van der Waals surface area contributed by atoms with Crippen molar-refractivity contribution in [2.24, 2.45) is 5.73 Å². The van der Waals surface area contributed by atoms with Gasteiger partial charge in [-0.05, 0) is 23.7 Å². The van der Waals surface area contributed by atoms with E-state index >= 15 is 0 Å². The van der Waals surface area contributed by atoms with Crippen molar-refractivity contribution in [3.05, 3.63) is 40.0 Å². The number of nitrogens with two attached hydrogens (primary N) is 1. The second-order valence-corrected chi connectivity index (χ2v) is 5.38. The lowest BCUT2D eigenvalue weighted by Gasteiger charge is -2.29. The summed E-state index contributed by atoms with van der Waals surface area (Å²) < 4.78 is 0. The topological polar surface area (TPSA) is 42.2 Å². The zero-order chi connectivity index (χ0) is 13.4. The second kappa shape index (κ2) is 5.08. The smallest absolute Gasteiger partial charge is 0.0894 e. The molecule has 2 N–H and O–H groups in total. The molecule has 0 saturated carbocycles. The number of aromatic nitrogens is 1. The number of hydrogen-bond donors (Lipinski definition) is 1. The Kier molecular flexibility index (Phi) is 3.44. The third kappa shape index (κ3) is 2.12. The Morgan fingerprint density at radius 2 is 2.26 bits per heavy atom. The number of hydrogen-bond acceptors (Lipinski definition) is 3. The van der Waals surface area contributed by atoms with Gasteiger partial charge in [0.1, 0.15) is 0 Å². The molecule has 2 aromatic rings. The highest BCUT2D eigenvalue weighted by Gasteiger charge is 2.21. The van der Waals surface area contributed by atoms with Gasteiger partial charge >= 0.3 is 0 Å². The maximum Gasteiger partial charge on any atom is 0.0894 e. The number of pyridine rings is 1. The van der Waals surface area contributed by atoms with Crippen LogP contribution in [0.4, 0.5) is 0 Å². The summed E-state index contributed by atoms with van der Waals surface area (Å²) in [5.41, 5.74) is 10.6. The fraction of sp³-hybridized carbons (Fsp3) is 0.400. The number of likely N-dealkylation sites (N-methyl/N-ethyl adjacent to an activating group) is 1. The average Bonchev–Trinajstić information content (AvgIpc) is 2.45. The molecule has 4 heteroatoms. The first-order valence-electron chi connectivity index (χ1n) is 6.75. The summed E-state index contributed by atoms with van der Waals surface area (Å²) in [4.78, 5) is 7.21. The molecule has 0 saturated heterocycles. The van der Waals surface area contributed by atoms with E-state index in [1.165, 1.54) is 16.8 Å². The highest BCUT2D eigenvalue weighted by Crippen LogP contribution is 2.31. The first-order chi connectivity index (χ1) is 9.24.